The molecule has 0 bridgehead atoms. The molecule has 0 aliphatic heterocycles. The van der Waals surface area contributed by atoms with Crippen LogP contribution in [0.4, 0.5) is 0 Å². The van der Waals surface area contributed by atoms with Gasteiger partial charge in [-0.1, -0.05) is 107 Å². The number of unbranched alkanes of at least 4 members (excludes halogenated alkanes) is 12. The van der Waals surface area contributed by atoms with Gasteiger partial charge in [0.2, 0.25) is 0 Å². The molecule has 0 unspecified atom stereocenters. The highest BCUT2D eigenvalue weighted by atomic mass is 35.5. The van der Waals surface area contributed by atoms with Gasteiger partial charge in [-0.05, 0) is 32.1 Å². The molecule has 3 nitrogen and oxygen atoms in total. The molecule has 0 saturated heterocycles. The molecule has 0 atom stereocenters. The molecule has 33 heavy (non-hydrogen) atoms. The van der Waals surface area contributed by atoms with Gasteiger partial charge in [0.25, 0.3) is 0 Å². The van der Waals surface area contributed by atoms with Crippen LogP contribution in [-0.4, -0.2) is 47.5 Å². The Morgan fingerprint density at radius 1 is 0.636 bits per heavy atom. The number of hydrogen-bond acceptors (Lipinski definition) is 2. The molecule has 0 spiro atoms. The second-order valence-electron chi connectivity index (χ2n) is 9.51. The first-order chi connectivity index (χ1) is 15.8. The van der Waals surface area contributed by atoms with Crippen LogP contribution in [-0.2, 0) is 6.54 Å². The molecule has 1 aromatic rings. The Balaban J connectivity index is 0.0000102. The lowest BCUT2D eigenvalue weighted by atomic mass is 10.0. The highest BCUT2D eigenvalue weighted by molar-refractivity contribution is 5.13. The summed E-state index contributed by atoms with van der Waals surface area (Å²) in [6.45, 7) is 5.97. The van der Waals surface area contributed by atoms with Crippen LogP contribution >= 0.6 is 0 Å². The van der Waals surface area contributed by atoms with E-state index in [9.17, 15) is 10.2 Å². The van der Waals surface area contributed by atoms with Crippen molar-refractivity contribution in [3.8, 4) is 0 Å². The molecule has 192 valence electrons. The molecule has 0 aromatic heterocycles. The zero-order valence-corrected chi connectivity index (χ0v) is 22.2. The maximum Gasteiger partial charge on any atom is 0.104 e. The number of aliphatic hydroxyl groups is 2. The minimum absolute atomic E-state index is 0. The normalized spacial score (nSPS) is 11.7. The summed E-state index contributed by atoms with van der Waals surface area (Å²) in [5, 5.41) is 19.3. The van der Waals surface area contributed by atoms with Crippen LogP contribution in [0.1, 0.15) is 102 Å². The number of benzene rings is 1. The van der Waals surface area contributed by atoms with Gasteiger partial charge >= 0.3 is 0 Å². The van der Waals surface area contributed by atoms with Crippen LogP contribution in [0.3, 0.4) is 0 Å². The summed E-state index contributed by atoms with van der Waals surface area (Å²) in [6.07, 6.45) is 23.3. The predicted octanol–water partition coefficient (Wildman–Crippen LogP) is 4.03. The molecule has 0 fully saturated rings. The zero-order chi connectivity index (χ0) is 23.2. The van der Waals surface area contributed by atoms with Gasteiger partial charge in [0.05, 0.1) is 19.8 Å². The lowest BCUT2D eigenvalue weighted by molar-refractivity contribution is -0.941. The third-order valence-electron chi connectivity index (χ3n) is 6.67. The van der Waals surface area contributed by atoms with Crippen molar-refractivity contribution in [2.24, 2.45) is 0 Å². The summed E-state index contributed by atoms with van der Waals surface area (Å²) in [6, 6.07) is 10.5. The number of nitrogens with zero attached hydrogens (tertiary/aromatic N) is 1. The van der Waals surface area contributed by atoms with E-state index in [0.717, 1.165) is 30.7 Å². The van der Waals surface area contributed by atoms with E-state index >= 15 is 0 Å². The number of quaternary nitrogens is 1. The van der Waals surface area contributed by atoms with Crippen LogP contribution in [0.15, 0.2) is 42.5 Å². The van der Waals surface area contributed by atoms with Gasteiger partial charge < -0.3 is 27.1 Å². The van der Waals surface area contributed by atoms with Crippen LogP contribution in [0, 0.1) is 0 Å². The highest BCUT2D eigenvalue weighted by Gasteiger charge is 2.26. The SMILES string of the molecule is CC/C=C/CCCCCCCCCCCCCC[N+](CCO)(CCO)Cc1ccccc1.[Cl-]. The number of rotatable bonds is 22. The number of halogens is 1. The number of aliphatic hydroxyl groups excluding tert-OH is 2. The molecule has 2 N–H and O–H groups in total. The average molecular weight is 482 g/mol. The Morgan fingerprint density at radius 2 is 1.12 bits per heavy atom. The van der Waals surface area contributed by atoms with Crippen LogP contribution in [0.2, 0.25) is 0 Å². The van der Waals surface area contributed by atoms with Gasteiger partial charge in [0.1, 0.15) is 19.6 Å². The van der Waals surface area contributed by atoms with E-state index in [1.54, 1.807) is 0 Å². The van der Waals surface area contributed by atoms with E-state index in [0.29, 0.717) is 0 Å². The Bertz CT molecular complexity index is 544. The molecule has 0 radical (unpaired) electrons. The fourth-order valence-corrected chi connectivity index (χ4v) is 4.73. The van der Waals surface area contributed by atoms with Crippen molar-refractivity contribution in [3.05, 3.63) is 48.0 Å². The molecule has 0 aliphatic rings. The second-order valence-corrected chi connectivity index (χ2v) is 9.51. The molecule has 0 saturated carbocycles. The fraction of sp³-hybridized carbons (Fsp3) is 0.724. The molecule has 1 aromatic carbocycles. The minimum Gasteiger partial charge on any atom is -1.00 e. The quantitative estimate of drug-likeness (QED) is 0.149. The standard InChI is InChI=1S/C29H52NO2.ClH/c1-2-3-4-5-6-7-8-9-10-11-12-13-14-15-16-20-23-30(24-26-31,25-27-32)28-29-21-18-17-19-22-29;/h3-4,17-19,21-22,31-32H,2,5-16,20,23-28H2,1H3;1H/q+1;/p-1/b4-3+;. The van der Waals surface area contributed by atoms with E-state index in [-0.39, 0.29) is 25.6 Å². The first kappa shape index (κ1) is 32.1. The van der Waals surface area contributed by atoms with Gasteiger partial charge in [-0.2, -0.15) is 0 Å². The van der Waals surface area contributed by atoms with Gasteiger partial charge in [-0.25, -0.2) is 0 Å². The lowest BCUT2D eigenvalue weighted by Gasteiger charge is -2.38. The smallest absolute Gasteiger partial charge is 0.104 e. The van der Waals surface area contributed by atoms with Gasteiger partial charge in [-0.3, -0.25) is 0 Å². The molecular weight excluding hydrogens is 430 g/mol. The monoisotopic (exact) mass is 481 g/mol. The molecule has 4 heteroatoms. The molecular formula is C29H52ClNO2. The lowest BCUT2D eigenvalue weighted by Crippen LogP contribution is -3.00. The second kappa shape index (κ2) is 22.9. The summed E-state index contributed by atoms with van der Waals surface area (Å²) < 4.78 is 0.798. The Kier molecular flexibility index (Phi) is 22.3. The Labute approximate surface area is 211 Å². The first-order valence-electron chi connectivity index (χ1n) is 13.5. The third kappa shape index (κ3) is 17.3. The van der Waals surface area contributed by atoms with Gasteiger partial charge in [0.15, 0.2) is 0 Å². The van der Waals surface area contributed by atoms with E-state index in [4.69, 9.17) is 0 Å². The summed E-state index contributed by atoms with van der Waals surface area (Å²) in [4.78, 5) is 0. The van der Waals surface area contributed by atoms with Crippen LogP contribution < -0.4 is 12.4 Å². The van der Waals surface area contributed by atoms with Crippen molar-refractivity contribution >= 4 is 0 Å². The summed E-state index contributed by atoms with van der Waals surface area (Å²) in [5.41, 5.74) is 1.29. The van der Waals surface area contributed by atoms with E-state index in [2.05, 4.69) is 43.3 Å². The van der Waals surface area contributed by atoms with E-state index in [1.807, 2.05) is 6.07 Å². The summed E-state index contributed by atoms with van der Waals surface area (Å²) in [7, 11) is 0. The Morgan fingerprint density at radius 3 is 1.61 bits per heavy atom. The van der Waals surface area contributed by atoms with Gasteiger partial charge in [-0.15, -0.1) is 0 Å². The van der Waals surface area contributed by atoms with E-state index in [1.165, 1.54) is 95.5 Å². The predicted molar refractivity (Wildman–Crippen MR) is 139 cm³/mol. The maximum atomic E-state index is 9.64. The largest absolute Gasteiger partial charge is 1.00 e. The van der Waals surface area contributed by atoms with E-state index < -0.39 is 0 Å². The Hall–Kier alpha value is -0.870. The summed E-state index contributed by atoms with van der Waals surface area (Å²) in [5.74, 6) is 0. The highest BCUT2D eigenvalue weighted by Crippen LogP contribution is 2.18. The maximum absolute atomic E-state index is 9.64. The topological polar surface area (TPSA) is 40.5 Å². The fourth-order valence-electron chi connectivity index (χ4n) is 4.73. The molecule has 0 heterocycles. The molecule has 1 rings (SSSR count). The molecule has 0 aliphatic carbocycles. The van der Waals surface area contributed by atoms with Crippen molar-refractivity contribution in [1.29, 1.82) is 0 Å². The van der Waals surface area contributed by atoms with Crippen molar-refractivity contribution < 1.29 is 27.1 Å². The minimum atomic E-state index is 0. The van der Waals surface area contributed by atoms with Crippen molar-refractivity contribution in [2.45, 2.75) is 103 Å². The number of allylic oxidation sites excluding steroid dienone is 2. The van der Waals surface area contributed by atoms with Crippen LogP contribution in [0.5, 0.6) is 0 Å². The first-order valence-corrected chi connectivity index (χ1v) is 13.5. The number of hydrogen-bond donors (Lipinski definition) is 2. The summed E-state index contributed by atoms with van der Waals surface area (Å²) >= 11 is 0. The van der Waals surface area contributed by atoms with Crippen molar-refractivity contribution in [2.75, 3.05) is 32.8 Å². The van der Waals surface area contributed by atoms with Gasteiger partial charge in [0, 0.05) is 5.56 Å². The average Bonchev–Trinajstić information content (AvgIpc) is 2.80. The van der Waals surface area contributed by atoms with Crippen molar-refractivity contribution in [3.63, 3.8) is 0 Å². The third-order valence-corrected chi connectivity index (χ3v) is 6.67. The van der Waals surface area contributed by atoms with Crippen molar-refractivity contribution in [1.82, 2.24) is 0 Å². The zero-order valence-electron chi connectivity index (χ0n) is 21.4. The van der Waals surface area contributed by atoms with Crippen LogP contribution in [0.25, 0.3) is 0 Å². The molecule has 0 amide bonds.